The average Bonchev–Trinajstić information content (AvgIpc) is 3.36. The van der Waals surface area contributed by atoms with Crippen LogP contribution in [0.25, 0.3) is 5.69 Å². The van der Waals surface area contributed by atoms with Crippen molar-refractivity contribution in [1.29, 1.82) is 0 Å². The summed E-state index contributed by atoms with van der Waals surface area (Å²) in [6.45, 7) is 0. The minimum atomic E-state index is -0.540. The second-order valence-electron chi connectivity index (χ2n) is 8.74. The maximum atomic E-state index is 13.4. The van der Waals surface area contributed by atoms with Gasteiger partial charge in [-0.3, -0.25) is 9.36 Å². The average molecular weight is 594 g/mol. The standard InChI is InChI=1S/C30H23Cl3N4OS/c31-22-15-16-27(25(33)18-22)37-28(35-36-30(37)39-19-21-11-5-2-6-12-21)26(17-20-9-3-1-4-10-20)34-29(38)23-13-7-8-14-24(23)32/h1-16,18,26H,17,19H2,(H,34,38). The van der Waals surface area contributed by atoms with E-state index in [-0.39, 0.29) is 5.91 Å². The van der Waals surface area contributed by atoms with Crippen LogP contribution in [0.5, 0.6) is 0 Å². The summed E-state index contributed by atoms with van der Waals surface area (Å²) in [7, 11) is 0. The predicted octanol–water partition coefficient (Wildman–Crippen LogP) is 8.23. The van der Waals surface area contributed by atoms with Crippen molar-refractivity contribution in [3.63, 3.8) is 0 Å². The molecule has 0 aliphatic rings. The lowest BCUT2D eigenvalue weighted by molar-refractivity contribution is 0.0934. The van der Waals surface area contributed by atoms with E-state index in [9.17, 15) is 4.79 Å². The van der Waals surface area contributed by atoms with Crippen molar-refractivity contribution in [2.45, 2.75) is 23.4 Å². The Balaban J connectivity index is 1.58. The molecule has 5 rings (SSSR count). The van der Waals surface area contributed by atoms with Crippen LogP contribution in [0.2, 0.25) is 15.1 Å². The molecule has 0 saturated carbocycles. The summed E-state index contributed by atoms with van der Waals surface area (Å²) in [5, 5.41) is 14.2. The van der Waals surface area contributed by atoms with E-state index < -0.39 is 6.04 Å². The fourth-order valence-corrected chi connectivity index (χ4v) is 5.77. The lowest BCUT2D eigenvalue weighted by Crippen LogP contribution is -2.32. The molecule has 0 spiro atoms. The Bertz CT molecular complexity index is 1580. The molecule has 39 heavy (non-hydrogen) atoms. The molecule has 1 amide bonds. The van der Waals surface area contributed by atoms with Crippen molar-refractivity contribution in [2.24, 2.45) is 0 Å². The number of nitrogens with one attached hydrogen (secondary N) is 1. The summed E-state index contributed by atoms with van der Waals surface area (Å²) in [5.74, 6) is 0.912. The summed E-state index contributed by atoms with van der Waals surface area (Å²) >= 11 is 20.8. The summed E-state index contributed by atoms with van der Waals surface area (Å²) in [4.78, 5) is 13.4. The molecule has 5 aromatic rings. The van der Waals surface area contributed by atoms with Crippen molar-refractivity contribution in [1.82, 2.24) is 20.1 Å². The Morgan fingerprint density at radius 1 is 0.795 bits per heavy atom. The van der Waals surface area contributed by atoms with Crippen LogP contribution < -0.4 is 5.32 Å². The van der Waals surface area contributed by atoms with Crippen LogP contribution in [0.3, 0.4) is 0 Å². The van der Waals surface area contributed by atoms with E-state index in [2.05, 4.69) is 27.6 Å². The SMILES string of the molecule is O=C(NC(Cc1ccccc1)c1nnc(SCc2ccccc2)n1-c1ccc(Cl)cc1Cl)c1ccccc1Cl. The molecule has 0 bridgehead atoms. The summed E-state index contributed by atoms with van der Waals surface area (Å²) in [5.41, 5.74) is 3.22. The molecule has 0 aliphatic carbocycles. The molecule has 1 atom stereocenters. The zero-order chi connectivity index (χ0) is 27.2. The highest BCUT2D eigenvalue weighted by Gasteiger charge is 2.27. The monoisotopic (exact) mass is 592 g/mol. The van der Waals surface area contributed by atoms with Gasteiger partial charge in [0.15, 0.2) is 11.0 Å². The van der Waals surface area contributed by atoms with Gasteiger partial charge in [-0.15, -0.1) is 10.2 Å². The Hall–Kier alpha value is -3.29. The van der Waals surface area contributed by atoms with Gasteiger partial charge in [-0.25, -0.2) is 0 Å². The molecule has 1 N–H and O–H groups in total. The smallest absolute Gasteiger partial charge is 0.253 e. The van der Waals surface area contributed by atoms with E-state index in [4.69, 9.17) is 34.8 Å². The lowest BCUT2D eigenvalue weighted by atomic mass is 10.0. The first kappa shape index (κ1) is 27.3. The number of thioether (sulfide) groups is 1. The largest absolute Gasteiger partial charge is 0.342 e. The van der Waals surface area contributed by atoms with E-state index in [1.807, 2.05) is 59.2 Å². The van der Waals surface area contributed by atoms with Crippen LogP contribution in [0.15, 0.2) is 108 Å². The zero-order valence-electron chi connectivity index (χ0n) is 20.6. The van der Waals surface area contributed by atoms with E-state index >= 15 is 0 Å². The van der Waals surface area contributed by atoms with Gasteiger partial charge >= 0.3 is 0 Å². The highest BCUT2D eigenvalue weighted by atomic mass is 35.5. The number of hydrogen-bond donors (Lipinski definition) is 1. The van der Waals surface area contributed by atoms with Crippen LogP contribution in [0.1, 0.15) is 33.4 Å². The van der Waals surface area contributed by atoms with Crippen LogP contribution in [-0.4, -0.2) is 20.7 Å². The van der Waals surface area contributed by atoms with Crippen LogP contribution >= 0.6 is 46.6 Å². The molecule has 4 aromatic carbocycles. The third-order valence-corrected chi connectivity index (χ3v) is 7.91. The normalized spacial score (nSPS) is 11.8. The summed E-state index contributed by atoms with van der Waals surface area (Å²) in [6.07, 6.45) is 0.476. The number of rotatable bonds is 9. The molecule has 0 aliphatic heterocycles. The summed E-state index contributed by atoms with van der Waals surface area (Å²) < 4.78 is 1.90. The zero-order valence-corrected chi connectivity index (χ0v) is 23.7. The van der Waals surface area contributed by atoms with Gasteiger partial charge in [0.25, 0.3) is 5.91 Å². The van der Waals surface area contributed by atoms with Gasteiger partial charge in [-0.2, -0.15) is 0 Å². The molecule has 1 unspecified atom stereocenters. The minimum absolute atomic E-state index is 0.309. The number of aromatic nitrogens is 3. The van der Waals surface area contributed by atoms with Gasteiger partial charge in [0.2, 0.25) is 0 Å². The second-order valence-corrected chi connectivity index (χ2v) is 10.9. The molecule has 1 heterocycles. The number of benzene rings is 4. The number of nitrogens with zero attached hydrogens (tertiary/aromatic N) is 3. The highest BCUT2D eigenvalue weighted by Crippen LogP contribution is 2.33. The van der Waals surface area contributed by atoms with Gasteiger partial charge in [0.1, 0.15) is 0 Å². The van der Waals surface area contributed by atoms with Crippen molar-refractivity contribution in [3.8, 4) is 5.69 Å². The van der Waals surface area contributed by atoms with Crippen LogP contribution in [-0.2, 0) is 12.2 Å². The lowest BCUT2D eigenvalue weighted by Gasteiger charge is -2.21. The van der Waals surface area contributed by atoms with E-state index in [0.717, 1.165) is 11.1 Å². The summed E-state index contributed by atoms with van der Waals surface area (Å²) in [6, 6.07) is 31.7. The maximum Gasteiger partial charge on any atom is 0.253 e. The topological polar surface area (TPSA) is 59.8 Å². The molecule has 0 radical (unpaired) electrons. The molecule has 196 valence electrons. The van der Waals surface area contributed by atoms with Gasteiger partial charge < -0.3 is 5.32 Å². The number of amides is 1. The first-order valence-corrected chi connectivity index (χ1v) is 14.3. The molecular formula is C30H23Cl3N4OS. The van der Waals surface area contributed by atoms with Gasteiger partial charge in [0, 0.05) is 10.8 Å². The molecule has 5 nitrogen and oxygen atoms in total. The third kappa shape index (κ3) is 6.65. The minimum Gasteiger partial charge on any atom is -0.342 e. The van der Waals surface area contributed by atoms with E-state index in [1.165, 1.54) is 11.8 Å². The molecule has 9 heteroatoms. The number of carbonyl (C=O) groups excluding carboxylic acids is 1. The second kappa shape index (κ2) is 12.7. The molecule has 1 aromatic heterocycles. The van der Waals surface area contributed by atoms with Crippen LogP contribution in [0, 0.1) is 0 Å². The van der Waals surface area contributed by atoms with Gasteiger partial charge in [0.05, 0.1) is 27.3 Å². The highest BCUT2D eigenvalue weighted by molar-refractivity contribution is 7.98. The van der Waals surface area contributed by atoms with E-state index in [0.29, 0.717) is 49.5 Å². The van der Waals surface area contributed by atoms with Crippen molar-refractivity contribution in [2.75, 3.05) is 0 Å². The molecular weight excluding hydrogens is 571 g/mol. The first-order chi connectivity index (χ1) is 19.0. The number of hydrogen-bond acceptors (Lipinski definition) is 4. The van der Waals surface area contributed by atoms with Crippen molar-refractivity contribution in [3.05, 3.63) is 141 Å². The Morgan fingerprint density at radius 3 is 2.15 bits per heavy atom. The van der Waals surface area contributed by atoms with Gasteiger partial charge in [-0.05, 0) is 47.9 Å². The molecule has 0 fully saturated rings. The van der Waals surface area contributed by atoms with Crippen LogP contribution in [0.4, 0.5) is 0 Å². The van der Waals surface area contributed by atoms with Gasteiger partial charge in [-0.1, -0.05) is 119 Å². The Morgan fingerprint density at radius 2 is 1.46 bits per heavy atom. The molecule has 0 saturated heterocycles. The quantitative estimate of drug-likeness (QED) is 0.175. The first-order valence-electron chi connectivity index (χ1n) is 12.2. The fourth-order valence-electron chi connectivity index (χ4n) is 4.15. The number of halogens is 3. The van der Waals surface area contributed by atoms with Crippen molar-refractivity contribution < 1.29 is 4.79 Å². The number of carbonyl (C=O) groups is 1. The Labute approximate surface area is 246 Å². The fraction of sp³-hybridized carbons (Fsp3) is 0.100. The predicted molar refractivity (Wildman–Crippen MR) is 159 cm³/mol. The van der Waals surface area contributed by atoms with Crippen molar-refractivity contribution >= 4 is 52.5 Å². The maximum absolute atomic E-state index is 13.4. The van der Waals surface area contributed by atoms with E-state index in [1.54, 1.807) is 36.4 Å². The third-order valence-electron chi connectivity index (χ3n) is 6.04. The Kier molecular flexibility index (Phi) is 8.89.